The molecule has 0 saturated carbocycles. The molecule has 43 heavy (non-hydrogen) atoms. The van der Waals surface area contributed by atoms with Crippen LogP contribution in [0.5, 0.6) is 0 Å². The number of halogens is 3. The molecule has 2 atom stereocenters. The number of benzene rings is 1. The van der Waals surface area contributed by atoms with Crippen molar-refractivity contribution in [2.24, 2.45) is 4.99 Å². The Balaban J connectivity index is 1.53. The summed E-state index contributed by atoms with van der Waals surface area (Å²) in [5.74, 6) is -0.401. The number of hydrogen-bond acceptors (Lipinski definition) is 8. The zero-order valence-corrected chi connectivity index (χ0v) is 25.5. The number of sulfonamides is 1. The van der Waals surface area contributed by atoms with Crippen LogP contribution in [0.4, 0.5) is 24.8 Å². The van der Waals surface area contributed by atoms with Gasteiger partial charge in [0.25, 0.3) is 11.8 Å². The van der Waals surface area contributed by atoms with Crippen LogP contribution in [0.15, 0.2) is 56.2 Å². The van der Waals surface area contributed by atoms with Gasteiger partial charge in [0, 0.05) is 18.3 Å². The van der Waals surface area contributed by atoms with Crippen molar-refractivity contribution in [1.29, 1.82) is 0 Å². The highest BCUT2D eigenvalue weighted by Crippen LogP contribution is 2.47. The van der Waals surface area contributed by atoms with Crippen LogP contribution >= 0.6 is 10.9 Å². The Morgan fingerprint density at radius 1 is 1.14 bits per heavy atom. The number of amidine groups is 1. The number of amides is 2. The Bertz CT molecular complexity index is 1640. The zero-order valence-electron chi connectivity index (χ0n) is 23.8. The van der Waals surface area contributed by atoms with Gasteiger partial charge in [-0.3, -0.25) is 14.5 Å². The summed E-state index contributed by atoms with van der Waals surface area (Å²) >= 11 is 0. The maximum Gasteiger partial charge on any atom is 0.408 e. The lowest BCUT2D eigenvalue weighted by Crippen LogP contribution is -2.43. The number of morpholine rings is 1. The van der Waals surface area contributed by atoms with Crippen LogP contribution in [-0.2, 0) is 26.1 Å². The molecule has 1 unspecified atom stereocenters. The first kappa shape index (κ1) is 31.0. The van der Waals surface area contributed by atoms with Crippen LogP contribution < -0.4 is 14.9 Å². The molecule has 16 heteroatoms. The molecule has 0 aliphatic carbocycles. The van der Waals surface area contributed by atoms with E-state index in [1.54, 1.807) is 45.0 Å². The van der Waals surface area contributed by atoms with Crippen molar-refractivity contribution in [2.45, 2.75) is 62.3 Å². The average Bonchev–Trinajstić information content (AvgIpc) is 3.45. The maximum absolute atomic E-state index is 13.6. The summed E-state index contributed by atoms with van der Waals surface area (Å²) in [7, 11) is -5.74. The van der Waals surface area contributed by atoms with Gasteiger partial charge in [0.2, 0.25) is 10.0 Å². The van der Waals surface area contributed by atoms with Gasteiger partial charge in [-0.1, -0.05) is 6.07 Å². The fourth-order valence-corrected chi connectivity index (χ4v) is 8.55. The highest BCUT2D eigenvalue weighted by Gasteiger charge is 2.47. The SMILES string of the molecule is CC1=C[SH](c2cc3c(c(S(=O)(=O)NC(C)C)c2)C(=O)N([C@@H](C)C(F)(F)F)C3)C(Nc2cccc(N3CCOCC3=O)n2)=N1. The van der Waals surface area contributed by atoms with Crippen molar-refractivity contribution in [3.05, 3.63) is 52.6 Å². The van der Waals surface area contributed by atoms with Crippen LogP contribution in [-0.4, -0.2) is 73.3 Å². The molecule has 3 aliphatic heterocycles. The Morgan fingerprint density at radius 2 is 1.88 bits per heavy atom. The first-order chi connectivity index (χ1) is 20.2. The van der Waals surface area contributed by atoms with Gasteiger partial charge in [-0.2, -0.15) is 13.2 Å². The summed E-state index contributed by atoms with van der Waals surface area (Å²) in [6.45, 7) is 6.14. The van der Waals surface area contributed by atoms with E-state index < -0.39 is 51.6 Å². The first-order valence-electron chi connectivity index (χ1n) is 13.4. The number of allylic oxidation sites excluding steroid dienone is 1. The van der Waals surface area contributed by atoms with Crippen molar-refractivity contribution >= 4 is 49.5 Å². The van der Waals surface area contributed by atoms with Crippen LogP contribution in [0.3, 0.4) is 0 Å². The second kappa shape index (κ2) is 11.6. The van der Waals surface area contributed by atoms with Crippen LogP contribution in [0.25, 0.3) is 0 Å². The number of ether oxygens (including phenoxy) is 1. The van der Waals surface area contributed by atoms with Crippen molar-refractivity contribution in [3.8, 4) is 0 Å². The number of nitrogens with one attached hydrogen (secondary N) is 2. The number of carbonyl (C=O) groups excluding carboxylic acids is 2. The maximum atomic E-state index is 13.6. The van der Waals surface area contributed by atoms with Gasteiger partial charge in [0.05, 0.1) is 23.6 Å². The minimum atomic E-state index is -4.69. The lowest BCUT2D eigenvalue weighted by atomic mass is 10.1. The third-order valence-corrected chi connectivity index (χ3v) is 10.7. The Labute approximate surface area is 249 Å². The summed E-state index contributed by atoms with van der Waals surface area (Å²) in [5.41, 5.74) is 0.564. The van der Waals surface area contributed by atoms with Crippen LogP contribution in [0.1, 0.15) is 43.6 Å². The smallest absolute Gasteiger partial charge is 0.370 e. The molecule has 1 aromatic carbocycles. The summed E-state index contributed by atoms with van der Waals surface area (Å²) < 4.78 is 75.3. The molecule has 2 N–H and O–H groups in total. The number of aliphatic imine (C=N–C) groups is 1. The third-order valence-electron chi connectivity index (χ3n) is 6.95. The van der Waals surface area contributed by atoms with Gasteiger partial charge in [-0.05, 0) is 67.8 Å². The summed E-state index contributed by atoms with van der Waals surface area (Å²) in [6, 6.07) is 5.40. The van der Waals surface area contributed by atoms with Gasteiger partial charge >= 0.3 is 6.18 Å². The van der Waals surface area contributed by atoms with Crippen molar-refractivity contribution in [2.75, 3.05) is 30.0 Å². The fourth-order valence-electron chi connectivity index (χ4n) is 4.94. The van der Waals surface area contributed by atoms with E-state index in [1.165, 1.54) is 11.0 Å². The topological polar surface area (TPSA) is 133 Å². The van der Waals surface area contributed by atoms with Gasteiger partial charge in [0.1, 0.15) is 24.3 Å². The fraction of sp³-hybridized carbons (Fsp3) is 0.407. The summed E-state index contributed by atoms with van der Waals surface area (Å²) in [5, 5.41) is 5.48. The molecular formula is C27H31F3N6O5S2. The highest BCUT2D eigenvalue weighted by atomic mass is 32.2. The number of thiol groups is 1. The predicted molar refractivity (Wildman–Crippen MR) is 157 cm³/mol. The monoisotopic (exact) mass is 640 g/mol. The van der Waals surface area contributed by atoms with Crippen LogP contribution in [0, 0.1) is 0 Å². The largest absolute Gasteiger partial charge is 0.408 e. The third kappa shape index (κ3) is 6.27. The predicted octanol–water partition coefficient (Wildman–Crippen LogP) is 3.74. The standard InChI is InChI=1S/C27H31F3N6O5S2/c1-15(2)34-43(39,40)20-11-19(10-18-12-36(25(38)24(18)20)17(4)27(28,29)30)42-14-16(3)31-26(42)33-21-6-5-7-22(32-21)35-8-9-41-13-23(35)37/h5-7,10-11,14-15,17,34,42H,8-9,12-13H2,1-4H3,(H,31,32,33)/t17-/m0/s1. The number of aromatic nitrogens is 1. The van der Waals surface area contributed by atoms with E-state index >= 15 is 0 Å². The van der Waals surface area contributed by atoms with Crippen LogP contribution in [0.2, 0.25) is 0 Å². The van der Waals surface area contributed by atoms with Gasteiger partial charge < -0.3 is 15.0 Å². The lowest BCUT2D eigenvalue weighted by molar-refractivity contribution is -0.172. The number of alkyl halides is 3. The van der Waals surface area contributed by atoms with E-state index in [0.717, 1.165) is 6.92 Å². The number of rotatable bonds is 7. The van der Waals surface area contributed by atoms with Gasteiger partial charge in [-0.15, -0.1) is 10.9 Å². The quantitative estimate of drug-likeness (QED) is 0.393. The normalized spacial score (nSPS) is 20.8. The molecule has 1 fully saturated rings. The van der Waals surface area contributed by atoms with Crippen molar-refractivity contribution < 1.29 is 35.9 Å². The van der Waals surface area contributed by atoms with E-state index in [0.29, 0.717) is 45.4 Å². The van der Waals surface area contributed by atoms with E-state index in [1.807, 2.05) is 5.41 Å². The number of pyridine rings is 1. The lowest BCUT2D eigenvalue weighted by Gasteiger charge is -2.26. The second-order valence-electron chi connectivity index (χ2n) is 10.6. The highest BCUT2D eigenvalue weighted by molar-refractivity contribution is 8.32. The zero-order chi connectivity index (χ0) is 31.3. The molecule has 1 saturated heterocycles. The van der Waals surface area contributed by atoms with E-state index in [9.17, 15) is 31.2 Å². The van der Waals surface area contributed by atoms with Crippen molar-refractivity contribution in [3.63, 3.8) is 0 Å². The number of carbonyl (C=O) groups is 2. The number of fused-ring (bicyclic) bond motifs is 1. The average molecular weight is 641 g/mol. The molecular weight excluding hydrogens is 609 g/mol. The molecule has 1 aromatic heterocycles. The molecule has 11 nitrogen and oxygen atoms in total. The number of hydrogen-bond donors (Lipinski definition) is 3. The molecule has 0 bridgehead atoms. The second-order valence-corrected chi connectivity index (χ2v) is 14.2. The van der Waals surface area contributed by atoms with E-state index in [-0.39, 0.29) is 28.5 Å². The molecule has 4 heterocycles. The minimum absolute atomic E-state index is 0.0443. The number of nitrogens with zero attached hydrogens (tertiary/aromatic N) is 4. The first-order valence-corrected chi connectivity index (χ1v) is 16.3. The summed E-state index contributed by atoms with van der Waals surface area (Å²) in [6.07, 6.45) is -4.69. The Morgan fingerprint density at radius 3 is 2.56 bits per heavy atom. The Hall–Kier alpha value is -3.47. The molecule has 0 spiro atoms. The number of anilines is 2. The minimum Gasteiger partial charge on any atom is -0.370 e. The van der Waals surface area contributed by atoms with Gasteiger partial charge in [-0.25, -0.2) is 23.1 Å². The molecule has 2 amide bonds. The van der Waals surface area contributed by atoms with E-state index in [4.69, 9.17) is 4.74 Å². The Kier molecular flexibility index (Phi) is 8.32. The molecule has 3 aliphatic rings. The van der Waals surface area contributed by atoms with E-state index in [2.05, 4.69) is 20.0 Å². The van der Waals surface area contributed by atoms with Crippen molar-refractivity contribution in [1.82, 2.24) is 14.6 Å². The molecule has 0 radical (unpaired) electrons. The molecule has 5 rings (SSSR count). The summed E-state index contributed by atoms with van der Waals surface area (Å²) in [4.78, 5) is 37.0. The molecule has 2 aromatic rings. The van der Waals surface area contributed by atoms with Gasteiger partial charge in [0.15, 0.2) is 5.17 Å². The molecule has 232 valence electrons.